The van der Waals surface area contributed by atoms with Crippen molar-refractivity contribution in [3.8, 4) is 0 Å². The summed E-state index contributed by atoms with van der Waals surface area (Å²) in [6, 6.07) is -0.102. The maximum absolute atomic E-state index is 12.3. The average molecular weight is 317 g/mol. The van der Waals surface area contributed by atoms with E-state index in [1.807, 2.05) is 38.6 Å². The first-order valence-electron chi connectivity index (χ1n) is 7.28. The fourth-order valence-electron chi connectivity index (χ4n) is 2.41. The van der Waals surface area contributed by atoms with Crippen molar-refractivity contribution in [1.29, 1.82) is 0 Å². The predicted molar refractivity (Wildman–Crippen MR) is 89.7 cm³/mol. The summed E-state index contributed by atoms with van der Waals surface area (Å²) in [5, 5.41) is 8.25. The van der Waals surface area contributed by atoms with E-state index in [0.717, 1.165) is 27.5 Å². The van der Waals surface area contributed by atoms with E-state index in [1.54, 1.807) is 17.5 Å². The Hall–Kier alpha value is -2.15. The molecule has 0 aliphatic carbocycles. The van der Waals surface area contributed by atoms with Gasteiger partial charge in [-0.3, -0.25) is 9.48 Å². The zero-order valence-electron chi connectivity index (χ0n) is 13.1. The number of aryl methyl sites for hydroxylation is 3. The Morgan fingerprint density at radius 3 is 2.91 bits per heavy atom. The molecular weight excluding hydrogens is 298 g/mol. The van der Waals surface area contributed by atoms with Gasteiger partial charge in [-0.05, 0) is 33.3 Å². The van der Waals surface area contributed by atoms with Gasteiger partial charge >= 0.3 is 0 Å². The Bertz CT molecular complexity index is 876. The molecule has 22 heavy (non-hydrogen) atoms. The van der Waals surface area contributed by atoms with Crippen LogP contribution in [0.5, 0.6) is 0 Å². The largest absolute Gasteiger partial charge is 0.373 e. The lowest BCUT2D eigenvalue weighted by molar-refractivity contribution is 0.660. The van der Waals surface area contributed by atoms with Crippen LogP contribution in [0.3, 0.4) is 0 Å². The van der Waals surface area contributed by atoms with Gasteiger partial charge < -0.3 is 10.3 Å². The third kappa shape index (κ3) is 2.52. The summed E-state index contributed by atoms with van der Waals surface area (Å²) in [6.45, 7) is 8.81. The average Bonchev–Trinajstić information content (AvgIpc) is 3.04. The molecule has 0 saturated heterocycles. The minimum atomic E-state index is -0.102. The minimum absolute atomic E-state index is 0.0697. The number of hydrogen-bond acceptors (Lipinski definition) is 5. The Morgan fingerprint density at radius 2 is 2.23 bits per heavy atom. The fourth-order valence-corrected chi connectivity index (χ4v) is 3.44. The van der Waals surface area contributed by atoms with Crippen molar-refractivity contribution in [3.63, 3.8) is 0 Å². The predicted octanol–water partition coefficient (Wildman–Crippen LogP) is 2.99. The Morgan fingerprint density at radius 1 is 1.45 bits per heavy atom. The van der Waals surface area contributed by atoms with Crippen LogP contribution in [0.2, 0.25) is 0 Å². The molecule has 3 aromatic heterocycles. The molecule has 1 atom stereocenters. The molecule has 0 saturated carbocycles. The first kappa shape index (κ1) is 14.8. The number of hydrogen-bond donors (Lipinski definition) is 2. The van der Waals surface area contributed by atoms with Crippen molar-refractivity contribution in [2.45, 2.75) is 40.3 Å². The van der Waals surface area contributed by atoms with Crippen molar-refractivity contribution in [1.82, 2.24) is 19.7 Å². The van der Waals surface area contributed by atoms with Crippen LogP contribution >= 0.6 is 11.3 Å². The normalized spacial score (nSPS) is 12.7. The lowest BCUT2D eigenvalue weighted by atomic mass is 10.2. The van der Waals surface area contributed by atoms with Gasteiger partial charge in [-0.1, -0.05) is 0 Å². The maximum atomic E-state index is 12.3. The Labute approximate surface area is 132 Å². The van der Waals surface area contributed by atoms with Gasteiger partial charge in [0.15, 0.2) is 0 Å². The molecule has 0 spiro atoms. The molecule has 6 nitrogen and oxygen atoms in total. The van der Waals surface area contributed by atoms with Gasteiger partial charge in [0, 0.05) is 17.6 Å². The summed E-state index contributed by atoms with van der Waals surface area (Å²) in [4.78, 5) is 21.7. The van der Waals surface area contributed by atoms with Gasteiger partial charge in [-0.15, -0.1) is 11.3 Å². The van der Waals surface area contributed by atoms with Crippen molar-refractivity contribution in [2.75, 3.05) is 5.32 Å². The van der Waals surface area contributed by atoms with Gasteiger partial charge in [0.2, 0.25) is 0 Å². The quantitative estimate of drug-likeness (QED) is 0.775. The molecule has 116 valence electrons. The van der Waals surface area contributed by atoms with Crippen LogP contribution in [0.4, 0.5) is 5.69 Å². The molecule has 2 N–H and O–H groups in total. The van der Waals surface area contributed by atoms with E-state index < -0.39 is 0 Å². The molecule has 0 radical (unpaired) electrons. The second-order valence-electron chi connectivity index (χ2n) is 5.37. The number of H-pyrrole nitrogens is 1. The maximum Gasteiger partial charge on any atom is 0.259 e. The highest BCUT2D eigenvalue weighted by Crippen LogP contribution is 2.26. The van der Waals surface area contributed by atoms with E-state index in [-0.39, 0.29) is 11.6 Å². The van der Waals surface area contributed by atoms with Gasteiger partial charge in [0.05, 0.1) is 23.3 Å². The molecule has 0 fully saturated rings. The van der Waals surface area contributed by atoms with Crippen LogP contribution < -0.4 is 10.9 Å². The summed E-state index contributed by atoms with van der Waals surface area (Å²) >= 11 is 1.56. The van der Waals surface area contributed by atoms with E-state index in [1.165, 1.54) is 0 Å². The van der Waals surface area contributed by atoms with Crippen LogP contribution in [0.1, 0.15) is 36.2 Å². The third-order valence-electron chi connectivity index (χ3n) is 3.81. The molecular formula is C15H19N5OS. The highest BCUT2D eigenvalue weighted by Gasteiger charge is 2.15. The molecule has 0 aliphatic rings. The highest BCUT2D eigenvalue weighted by molar-refractivity contribution is 7.18. The number of anilines is 1. The van der Waals surface area contributed by atoms with Gasteiger partial charge in [0.25, 0.3) is 5.56 Å². The minimum Gasteiger partial charge on any atom is -0.373 e. The first-order valence-corrected chi connectivity index (χ1v) is 8.10. The number of thiophene rings is 1. The first-order chi connectivity index (χ1) is 10.5. The molecule has 3 heterocycles. The van der Waals surface area contributed by atoms with E-state index in [0.29, 0.717) is 11.2 Å². The van der Waals surface area contributed by atoms with Crippen molar-refractivity contribution < 1.29 is 0 Å². The molecule has 7 heteroatoms. The summed E-state index contributed by atoms with van der Waals surface area (Å²) in [5.41, 5.74) is 1.86. The molecule has 0 bridgehead atoms. The Balaban J connectivity index is 1.93. The highest BCUT2D eigenvalue weighted by atomic mass is 32.1. The summed E-state index contributed by atoms with van der Waals surface area (Å²) in [6.07, 6.45) is 3.71. The number of fused-ring (bicyclic) bond motifs is 1. The topological polar surface area (TPSA) is 75.6 Å². The number of aromatic nitrogens is 4. The third-order valence-corrected chi connectivity index (χ3v) is 4.91. The van der Waals surface area contributed by atoms with Crippen LogP contribution in [-0.4, -0.2) is 19.7 Å². The molecule has 0 aromatic carbocycles. The standard InChI is InChI=1S/C15H19N5OS/c1-5-20-7-11(6-16-20)17-9(3)13-18-14(21)12-8(2)10(4)22-15(12)19-13/h6-7,9,17H,5H2,1-4H3,(H,18,19,21)/t9-/m1/s1. The van der Waals surface area contributed by atoms with Gasteiger partial charge in [0.1, 0.15) is 10.7 Å². The van der Waals surface area contributed by atoms with Gasteiger partial charge in [-0.25, -0.2) is 4.98 Å². The summed E-state index contributed by atoms with van der Waals surface area (Å²) < 4.78 is 1.85. The van der Waals surface area contributed by atoms with Crippen LogP contribution in [0.15, 0.2) is 17.2 Å². The molecule has 3 rings (SSSR count). The molecule has 0 unspecified atom stereocenters. The SMILES string of the molecule is CCn1cc(N[C@H](C)c2nc3sc(C)c(C)c3c(=O)[nH]2)cn1. The number of rotatable bonds is 4. The van der Waals surface area contributed by atoms with Crippen LogP contribution in [-0.2, 0) is 6.54 Å². The van der Waals surface area contributed by atoms with Crippen LogP contribution in [0.25, 0.3) is 10.2 Å². The lowest BCUT2D eigenvalue weighted by Crippen LogP contribution is -2.17. The van der Waals surface area contributed by atoms with E-state index in [2.05, 4.69) is 20.4 Å². The molecule has 3 aromatic rings. The van der Waals surface area contributed by atoms with E-state index in [9.17, 15) is 4.79 Å². The molecule has 0 aliphatic heterocycles. The monoisotopic (exact) mass is 317 g/mol. The van der Waals surface area contributed by atoms with Crippen molar-refractivity contribution >= 4 is 27.2 Å². The fraction of sp³-hybridized carbons (Fsp3) is 0.400. The van der Waals surface area contributed by atoms with Gasteiger partial charge in [-0.2, -0.15) is 5.10 Å². The smallest absolute Gasteiger partial charge is 0.259 e. The number of nitrogens with one attached hydrogen (secondary N) is 2. The number of aromatic amines is 1. The zero-order valence-corrected chi connectivity index (χ0v) is 13.9. The van der Waals surface area contributed by atoms with E-state index >= 15 is 0 Å². The van der Waals surface area contributed by atoms with E-state index in [4.69, 9.17) is 0 Å². The Kier molecular flexibility index (Phi) is 3.74. The number of nitrogens with zero attached hydrogens (tertiary/aromatic N) is 3. The van der Waals surface area contributed by atoms with Crippen molar-refractivity contribution in [2.24, 2.45) is 0 Å². The summed E-state index contributed by atoms with van der Waals surface area (Å²) in [7, 11) is 0. The zero-order chi connectivity index (χ0) is 15.9. The second-order valence-corrected chi connectivity index (χ2v) is 6.57. The lowest BCUT2D eigenvalue weighted by Gasteiger charge is -2.12. The second kappa shape index (κ2) is 5.57. The molecule has 0 amide bonds. The summed E-state index contributed by atoms with van der Waals surface area (Å²) in [5.74, 6) is 0.642. The van der Waals surface area contributed by atoms with Crippen molar-refractivity contribution in [3.05, 3.63) is 39.0 Å². The van der Waals surface area contributed by atoms with Crippen LogP contribution in [0, 0.1) is 13.8 Å².